The smallest absolute Gasteiger partial charge is 0.0524 e. The summed E-state index contributed by atoms with van der Waals surface area (Å²) in [5.41, 5.74) is 2.15. The van der Waals surface area contributed by atoms with E-state index in [0.29, 0.717) is 21.7 Å². The second kappa shape index (κ2) is 6.48. The molecule has 4 fully saturated rings. The van der Waals surface area contributed by atoms with Crippen molar-refractivity contribution in [3.05, 3.63) is 0 Å². The Morgan fingerprint density at radius 1 is 0.815 bits per heavy atom. The second-order valence-corrected chi connectivity index (χ2v) is 12.8. The van der Waals surface area contributed by atoms with E-state index < -0.39 is 0 Å². The van der Waals surface area contributed by atoms with Gasteiger partial charge in [-0.05, 0) is 109 Å². The molecule has 4 rings (SSSR count). The topological polar surface area (TPSA) is 9.23 Å². The average Bonchev–Trinajstić information content (AvgIpc) is 2.87. The van der Waals surface area contributed by atoms with Crippen LogP contribution >= 0.6 is 0 Å². The summed E-state index contributed by atoms with van der Waals surface area (Å²) in [5, 5.41) is 0. The first-order valence-corrected chi connectivity index (χ1v) is 12.1. The lowest BCUT2D eigenvalue weighted by Crippen LogP contribution is -2.60. The van der Waals surface area contributed by atoms with Crippen molar-refractivity contribution in [2.45, 2.75) is 99.3 Å². The van der Waals surface area contributed by atoms with Crippen LogP contribution in [-0.2, 0) is 4.74 Å². The van der Waals surface area contributed by atoms with Crippen LogP contribution in [0.25, 0.3) is 0 Å². The minimum Gasteiger partial charge on any atom is -0.384 e. The molecule has 0 aromatic heterocycles. The molecule has 1 heteroatoms. The van der Waals surface area contributed by atoms with Gasteiger partial charge in [0.05, 0.1) is 6.61 Å². The van der Waals surface area contributed by atoms with Gasteiger partial charge in [-0.15, -0.1) is 0 Å². The molecule has 1 nitrogen and oxygen atoms in total. The highest BCUT2D eigenvalue weighted by Gasteiger charge is 2.66. The Morgan fingerprint density at radius 3 is 2.19 bits per heavy atom. The molecule has 0 saturated heterocycles. The zero-order chi connectivity index (χ0) is 19.7. The summed E-state index contributed by atoms with van der Waals surface area (Å²) in [6.45, 7) is 16.4. The first-order chi connectivity index (χ1) is 12.6. The fraction of sp³-hybridized carbons (Fsp3) is 1.00. The molecule has 4 aliphatic carbocycles. The third-order valence-electron chi connectivity index (χ3n) is 11.0. The van der Waals surface area contributed by atoms with E-state index in [4.69, 9.17) is 4.74 Å². The number of fused-ring (bicyclic) bond motifs is 5. The molecule has 0 spiro atoms. The van der Waals surface area contributed by atoms with Crippen LogP contribution in [0.3, 0.4) is 0 Å². The van der Waals surface area contributed by atoms with E-state index in [1.807, 2.05) is 7.11 Å². The SMILES string of the molecule is COC[C@]12CCC(C)(C)C[C@@H]1CC[C@@H]1[C@@H]2CC[C@]2(C)C(C(C)C)CC[C@@]12C. The van der Waals surface area contributed by atoms with Crippen LogP contribution in [0.1, 0.15) is 99.3 Å². The molecular formula is C26H46O. The van der Waals surface area contributed by atoms with Gasteiger partial charge in [0.2, 0.25) is 0 Å². The molecule has 0 radical (unpaired) electrons. The lowest BCUT2D eigenvalue weighted by molar-refractivity contribution is -0.188. The highest BCUT2D eigenvalue weighted by molar-refractivity contribution is 5.15. The van der Waals surface area contributed by atoms with Crippen LogP contribution in [0, 0.1) is 51.2 Å². The molecule has 4 saturated carbocycles. The lowest BCUT2D eigenvalue weighted by Gasteiger charge is -2.66. The van der Waals surface area contributed by atoms with Crippen molar-refractivity contribution in [1.82, 2.24) is 0 Å². The molecule has 4 aliphatic rings. The first-order valence-electron chi connectivity index (χ1n) is 12.1. The van der Waals surface area contributed by atoms with E-state index in [1.165, 1.54) is 57.8 Å². The molecule has 0 N–H and O–H groups in total. The maximum atomic E-state index is 5.99. The van der Waals surface area contributed by atoms with E-state index in [-0.39, 0.29) is 0 Å². The molecule has 0 bridgehead atoms. The maximum Gasteiger partial charge on any atom is 0.0524 e. The van der Waals surface area contributed by atoms with Crippen molar-refractivity contribution in [1.29, 1.82) is 0 Å². The fourth-order valence-electron chi connectivity index (χ4n) is 9.51. The van der Waals surface area contributed by atoms with Gasteiger partial charge in [0.25, 0.3) is 0 Å². The third kappa shape index (κ3) is 2.72. The van der Waals surface area contributed by atoms with Crippen LogP contribution < -0.4 is 0 Å². The van der Waals surface area contributed by atoms with E-state index in [1.54, 1.807) is 0 Å². The number of hydrogen-bond acceptors (Lipinski definition) is 1. The van der Waals surface area contributed by atoms with Gasteiger partial charge < -0.3 is 4.74 Å². The quantitative estimate of drug-likeness (QED) is 0.502. The molecule has 0 amide bonds. The van der Waals surface area contributed by atoms with Crippen molar-refractivity contribution >= 4 is 0 Å². The maximum absolute atomic E-state index is 5.99. The number of hydrogen-bond donors (Lipinski definition) is 0. The minimum atomic E-state index is 0.480. The number of rotatable bonds is 3. The normalized spacial score (nSPS) is 51.6. The molecule has 0 aliphatic heterocycles. The first kappa shape index (κ1) is 20.2. The van der Waals surface area contributed by atoms with Crippen LogP contribution in [0.4, 0.5) is 0 Å². The van der Waals surface area contributed by atoms with E-state index >= 15 is 0 Å². The zero-order valence-corrected chi connectivity index (χ0v) is 19.4. The summed E-state index contributed by atoms with van der Waals surface area (Å²) in [4.78, 5) is 0. The van der Waals surface area contributed by atoms with Crippen molar-refractivity contribution in [2.24, 2.45) is 51.2 Å². The fourth-order valence-corrected chi connectivity index (χ4v) is 9.51. The summed E-state index contributed by atoms with van der Waals surface area (Å²) in [5.74, 6) is 4.53. The molecule has 0 aromatic carbocycles. The van der Waals surface area contributed by atoms with Crippen LogP contribution in [0.15, 0.2) is 0 Å². The molecular weight excluding hydrogens is 328 g/mol. The van der Waals surface area contributed by atoms with Crippen molar-refractivity contribution in [3.8, 4) is 0 Å². The Balaban J connectivity index is 1.69. The Kier molecular flexibility index (Phi) is 4.86. The van der Waals surface area contributed by atoms with Crippen LogP contribution in [0.2, 0.25) is 0 Å². The molecule has 0 heterocycles. The third-order valence-corrected chi connectivity index (χ3v) is 11.0. The Bertz CT molecular complexity index is 565. The van der Waals surface area contributed by atoms with E-state index in [0.717, 1.165) is 36.2 Å². The predicted octanol–water partition coefficient (Wildman–Crippen LogP) is 7.34. The highest BCUT2D eigenvalue weighted by atomic mass is 16.5. The number of ether oxygens (including phenoxy) is 1. The monoisotopic (exact) mass is 374 g/mol. The highest BCUT2D eigenvalue weighted by Crippen LogP contribution is 2.74. The Hall–Kier alpha value is -0.0400. The van der Waals surface area contributed by atoms with Gasteiger partial charge >= 0.3 is 0 Å². The van der Waals surface area contributed by atoms with Crippen molar-refractivity contribution in [2.75, 3.05) is 13.7 Å². The summed E-state index contributed by atoms with van der Waals surface area (Å²) < 4.78 is 5.99. The predicted molar refractivity (Wildman–Crippen MR) is 115 cm³/mol. The summed E-state index contributed by atoms with van der Waals surface area (Å²) in [6.07, 6.45) is 13.1. The molecule has 0 aromatic rings. The van der Waals surface area contributed by atoms with Crippen LogP contribution in [0.5, 0.6) is 0 Å². The van der Waals surface area contributed by atoms with Crippen molar-refractivity contribution < 1.29 is 4.74 Å². The lowest BCUT2D eigenvalue weighted by atomic mass is 9.39. The molecule has 7 atom stereocenters. The van der Waals surface area contributed by atoms with E-state index in [2.05, 4.69) is 41.5 Å². The van der Waals surface area contributed by atoms with Gasteiger partial charge in [0.15, 0.2) is 0 Å². The van der Waals surface area contributed by atoms with Gasteiger partial charge in [-0.1, -0.05) is 41.5 Å². The molecule has 156 valence electrons. The van der Waals surface area contributed by atoms with Gasteiger partial charge in [-0.3, -0.25) is 0 Å². The largest absolute Gasteiger partial charge is 0.384 e. The van der Waals surface area contributed by atoms with Gasteiger partial charge in [0, 0.05) is 7.11 Å². The van der Waals surface area contributed by atoms with Crippen molar-refractivity contribution in [3.63, 3.8) is 0 Å². The number of methoxy groups -OCH3 is 1. The summed E-state index contributed by atoms with van der Waals surface area (Å²) >= 11 is 0. The Morgan fingerprint density at radius 2 is 1.52 bits per heavy atom. The minimum absolute atomic E-state index is 0.480. The average molecular weight is 375 g/mol. The Labute approximate surface area is 169 Å². The van der Waals surface area contributed by atoms with Gasteiger partial charge in [-0.2, -0.15) is 0 Å². The summed E-state index contributed by atoms with van der Waals surface area (Å²) in [7, 11) is 1.97. The summed E-state index contributed by atoms with van der Waals surface area (Å²) in [6, 6.07) is 0. The van der Waals surface area contributed by atoms with Gasteiger partial charge in [-0.25, -0.2) is 0 Å². The molecule has 27 heavy (non-hydrogen) atoms. The standard InChI is InChI=1S/C26H46O/c1-18(2)20-10-12-25(6)21-9-8-19-16-23(3,4)14-15-26(19,17-27-7)22(21)11-13-24(20,25)5/h18-22H,8-17H2,1-7H3/t19-,20?,21+,22-,24+,25-,26+/m0/s1. The van der Waals surface area contributed by atoms with Gasteiger partial charge in [0.1, 0.15) is 0 Å². The molecule has 1 unspecified atom stereocenters. The van der Waals surface area contributed by atoms with E-state index in [9.17, 15) is 0 Å². The van der Waals surface area contributed by atoms with Crippen LogP contribution in [-0.4, -0.2) is 13.7 Å². The second-order valence-electron chi connectivity index (χ2n) is 12.8. The zero-order valence-electron chi connectivity index (χ0n) is 19.4.